The van der Waals surface area contributed by atoms with Crippen molar-refractivity contribution >= 4 is 17.5 Å². The van der Waals surface area contributed by atoms with Gasteiger partial charge in [0.2, 0.25) is 5.91 Å². The molecule has 0 saturated heterocycles. The van der Waals surface area contributed by atoms with E-state index in [2.05, 4.69) is 18.9 Å². The highest BCUT2D eigenvalue weighted by Gasteiger charge is 2.28. The van der Waals surface area contributed by atoms with Gasteiger partial charge >= 0.3 is 0 Å². The molecule has 1 aromatic carbocycles. The summed E-state index contributed by atoms with van der Waals surface area (Å²) < 4.78 is 13.0. The number of carbonyl (C=O) groups is 1. The van der Waals surface area contributed by atoms with Crippen molar-refractivity contribution in [2.45, 2.75) is 25.8 Å². The molecule has 2 aromatic rings. The molecule has 0 spiro atoms. The third kappa shape index (κ3) is 4.12. The van der Waals surface area contributed by atoms with Gasteiger partial charge in [0.1, 0.15) is 19.1 Å². The lowest BCUT2D eigenvalue weighted by molar-refractivity contribution is -0.129. The molecule has 6 nitrogen and oxygen atoms in total. The lowest BCUT2D eigenvalue weighted by atomic mass is 9.83. The summed E-state index contributed by atoms with van der Waals surface area (Å²) in [5, 5.41) is 4.17. The van der Waals surface area contributed by atoms with E-state index in [9.17, 15) is 4.79 Å². The Balaban J connectivity index is 1.80. The summed E-state index contributed by atoms with van der Waals surface area (Å²) in [5.41, 5.74) is 1.78. The minimum absolute atomic E-state index is 0.0442. The van der Waals surface area contributed by atoms with Crippen LogP contribution in [0.25, 0.3) is 0 Å². The van der Waals surface area contributed by atoms with Crippen LogP contribution in [0.3, 0.4) is 0 Å². The molecule has 7 heteroatoms. The Morgan fingerprint density at radius 3 is 2.69 bits per heavy atom. The van der Waals surface area contributed by atoms with Gasteiger partial charge in [-0.05, 0) is 17.7 Å². The molecule has 0 bridgehead atoms. The Bertz CT molecular complexity index is 788. The van der Waals surface area contributed by atoms with Crippen LogP contribution in [-0.4, -0.2) is 46.2 Å². The summed E-state index contributed by atoms with van der Waals surface area (Å²) in [6.45, 7) is 6.35. The number of amides is 1. The standard InChI is InChI=1S/C19H24ClN3O3/c1-19(2,15-4-5-16-17(8-15)26-7-6-25-16)13-23(18(24)9-20)12-14-10-21-22(3)11-14/h4-5,8,10-11H,6-7,9,12-13H2,1-3H3. The number of benzene rings is 1. The van der Waals surface area contributed by atoms with Crippen molar-refractivity contribution in [1.82, 2.24) is 14.7 Å². The van der Waals surface area contributed by atoms with Gasteiger partial charge < -0.3 is 14.4 Å². The molecule has 3 rings (SSSR count). The fourth-order valence-corrected chi connectivity index (χ4v) is 3.29. The Labute approximate surface area is 158 Å². The molecule has 26 heavy (non-hydrogen) atoms. The van der Waals surface area contributed by atoms with Crippen molar-refractivity contribution in [3.63, 3.8) is 0 Å². The number of hydrogen-bond acceptors (Lipinski definition) is 4. The monoisotopic (exact) mass is 377 g/mol. The Kier molecular flexibility index (Phi) is 5.41. The molecule has 1 aliphatic rings. The molecule has 0 unspecified atom stereocenters. The van der Waals surface area contributed by atoms with Crippen molar-refractivity contribution in [3.8, 4) is 11.5 Å². The summed E-state index contributed by atoms with van der Waals surface area (Å²) in [5.74, 6) is 1.38. The molecule has 0 radical (unpaired) electrons. The molecule has 140 valence electrons. The molecule has 1 amide bonds. The van der Waals surface area contributed by atoms with Crippen molar-refractivity contribution < 1.29 is 14.3 Å². The third-order valence-electron chi connectivity index (χ3n) is 4.51. The number of alkyl halides is 1. The van der Waals surface area contributed by atoms with Crippen LogP contribution in [0.15, 0.2) is 30.6 Å². The number of fused-ring (bicyclic) bond motifs is 1. The van der Waals surface area contributed by atoms with Crippen molar-refractivity contribution in [2.75, 3.05) is 25.6 Å². The van der Waals surface area contributed by atoms with E-state index in [1.165, 1.54) is 0 Å². The lowest BCUT2D eigenvalue weighted by Crippen LogP contribution is -2.41. The maximum absolute atomic E-state index is 12.4. The summed E-state index contributed by atoms with van der Waals surface area (Å²) >= 11 is 5.84. The molecule has 1 aliphatic heterocycles. The van der Waals surface area contributed by atoms with E-state index in [1.54, 1.807) is 15.8 Å². The summed E-state index contributed by atoms with van der Waals surface area (Å²) in [7, 11) is 1.86. The van der Waals surface area contributed by atoms with Crippen LogP contribution in [0.2, 0.25) is 0 Å². The quantitative estimate of drug-likeness (QED) is 0.726. The van der Waals surface area contributed by atoms with Gasteiger partial charge in [-0.2, -0.15) is 5.10 Å². The molecule has 0 N–H and O–H groups in total. The van der Waals surface area contributed by atoms with Crippen LogP contribution in [0.4, 0.5) is 0 Å². The molecular formula is C19H24ClN3O3. The first-order chi connectivity index (χ1) is 12.4. The number of ether oxygens (including phenoxy) is 2. The van der Waals surface area contributed by atoms with Crippen LogP contribution in [0.5, 0.6) is 11.5 Å². The van der Waals surface area contributed by atoms with Gasteiger partial charge in [0.25, 0.3) is 0 Å². The first-order valence-corrected chi connectivity index (χ1v) is 9.14. The normalized spacial score (nSPS) is 13.5. The molecular weight excluding hydrogens is 354 g/mol. The maximum atomic E-state index is 12.4. The zero-order chi connectivity index (χ0) is 18.7. The highest BCUT2D eigenvalue weighted by molar-refractivity contribution is 6.27. The zero-order valence-electron chi connectivity index (χ0n) is 15.4. The van der Waals surface area contributed by atoms with Crippen LogP contribution in [0.1, 0.15) is 25.0 Å². The highest BCUT2D eigenvalue weighted by Crippen LogP contribution is 2.35. The van der Waals surface area contributed by atoms with E-state index < -0.39 is 0 Å². The van der Waals surface area contributed by atoms with Crippen molar-refractivity contribution in [1.29, 1.82) is 0 Å². The van der Waals surface area contributed by atoms with E-state index in [0.717, 1.165) is 22.6 Å². The zero-order valence-corrected chi connectivity index (χ0v) is 16.1. The van der Waals surface area contributed by atoms with E-state index in [-0.39, 0.29) is 17.2 Å². The van der Waals surface area contributed by atoms with Gasteiger partial charge in [0, 0.05) is 37.3 Å². The SMILES string of the molecule is Cn1cc(CN(CC(C)(C)c2ccc3c(c2)OCCO3)C(=O)CCl)cn1. The first kappa shape index (κ1) is 18.6. The molecule has 1 aromatic heterocycles. The first-order valence-electron chi connectivity index (χ1n) is 8.60. The maximum Gasteiger partial charge on any atom is 0.237 e. The fraction of sp³-hybridized carbons (Fsp3) is 0.474. The largest absolute Gasteiger partial charge is 0.486 e. The minimum Gasteiger partial charge on any atom is -0.486 e. The number of hydrogen-bond donors (Lipinski definition) is 0. The second-order valence-corrected chi connectivity index (χ2v) is 7.42. The predicted octanol–water partition coefficient (Wildman–Crippen LogP) is 2.74. The number of halogens is 1. The van der Waals surface area contributed by atoms with E-state index >= 15 is 0 Å². The summed E-state index contributed by atoms with van der Waals surface area (Å²) in [4.78, 5) is 14.2. The van der Waals surface area contributed by atoms with E-state index in [0.29, 0.717) is 26.3 Å². The van der Waals surface area contributed by atoms with Gasteiger partial charge in [-0.15, -0.1) is 11.6 Å². The van der Waals surface area contributed by atoms with Crippen molar-refractivity contribution in [3.05, 3.63) is 41.7 Å². The smallest absolute Gasteiger partial charge is 0.237 e. The average molecular weight is 378 g/mol. The topological polar surface area (TPSA) is 56.6 Å². The van der Waals surface area contributed by atoms with Crippen LogP contribution in [-0.2, 0) is 23.8 Å². The molecule has 0 fully saturated rings. The van der Waals surface area contributed by atoms with E-state index in [1.807, 2.05) is 31.4 Å². The number of nitrogens with zero attached hydrogens (tertiary/aromatic N) is 3. The van der Waals surface area contributed by atoms with Crippen LogP contribution in [0, 0.1) is 0 Å². The highest BCUT2D eigenvalue weighted by atomic mass is 35.5. The lowest BCUT2D eigenvalue weighted by Gasteiger charge is -2.33. The second-order valence-electron chi connectivity index (χ2n) is 7.15. The van der Waals surface area contributed by atoms with Gasteiger partial charge in [-0.25, -0.2) is 0 Å². The summed E-state index contributed by atoms with van der Waals surface area (Å²) in [6, 6.07) is 5.96. The third-order valence-corrected chi connectivity index (χ3v) is 4.74. The van der Waals surface area contributed by atoms with Gasteiger partial charge in [-0.3, -0.25) is 9.48 Å². The Morgan fingerprint density at radius 2 is 2.04 bits per heavy atom. The Hall–Kier alpha value is -2.21. The second kappa shape index (κ2) is 7.58. The fourth-order valence-electron chi connectivity index (χ4n) is 3.12. The molecule has 0 aliphatic carbocycles. The number of aromatic nitrogens is 2. The predicted molar refractivity (Wildman–Crippen MR) is 99.8 cm³/mol. The van der Waals surface area contributed by atoms with Gasteiger partial charge in [0.05, 0.1) is 6.20 Å². The van der Waals surface area contributed by atoms with E-state index in [4.69, 9.17) is 21.1 Å². The number of aryl methyl sites for hydroxylation is 1. The van der Waals surface area contributed by atoms with Crippen LogP contribution < -0.4 is 9.47 Å². The van der Waals surface area contributed by atoms with Gasteiger partial charge in [0.15, 0.2) is 11.5 Å². The van der Waals surface area contributed by atoms with Gasteiger partial charge in [-0.1, -0.05) is 19.9 Å². The molecule has 0 saturated carbocycles. The number of rotatable bonds is 6. The number of carbonyl (C=O) groups excluding carboxylic acids is 1. The average Bonchev–Trinajstić information content (AvgIpc) is 3.04. The summed E-state index contributed by atoms with van der Waals surface area (Å²) in [6.07, 6.45) is 3.68. The molecule has 0 atom stereocenters. The minimum atomic E-state index is -0.278. The molecule has 2 heterocycles. The van der Waals surface area contributed by atoms with Crippen molar-refractivity contribution in [2.24, 2.45) is 7.05 Å². The van der Waals surface area contributed by atoms with Crippen LogP contribution >= 0.6 is 11.6 Å². The Morgan fingerprint density at radius 1 is 1.31 bits per heavy atom.